The van der Waals surface area contributed by atoms with Crippen LogP contribution in [0.15, 0.2) is 30.3 Å². The van der Waals surface area contributed by atoms with Crippen LogP contribution in [0, 0.1) is 0 Å². The van der Waals surface area contributed by atoms with Crippen molar-refractivity contribution in [3.05, 3.63) is 35.9 Å². The Hall–Kier alpha value is -1.39. The molecule has 1 aromatic carbocycles. The van der Waals surface area contributed by atoms with E-state index in [0.29, 0.717) is 0 Å². The first-order valence-corrected chi connectivity index (χ1v) is 8.08. The first-order valence-electron chi connectivity index (χ1n) is 8.08. The minimum absolute atomic E-state index is 0.217. The molecule has 1 aromatic rings. The molecule has 2 fully saturated rings. The average Bonchev–Trinajstić information content (AvgIpc) is 3.35. The number of amides is 1. The topological polar surface area (TPSA) is 44.4 Å². The van der Waals surface area contributed by atoms with Crippen LogP contribution in [0.3, 0.4) is 0 Å². The summed E-state index contributed by atoms with van der Waals surface area (Å²) in [5.74, 6) is 0.217. The number of rotatable bonds is 6. The minimum atomic E-state index is -0.226. The van der Waals surface area contributed by atoms with E-state index in [4.69, 9.17) is 0 Å². The fourth-order valence-corrected chi connectivity index (χ4v) is 3.14. The van der Waals surface area contributed by atoms with E-state index in [1.165, 1.54) is 5.56 Å². The predicted molar refractivity (Wildman–Crippen MR) is 84.3 cm³/mol. The number of benzene rings is 1. The third-order valence-corrected chi connectivity index (χ3v) is 4.66. The molecule has 1 aliphatic heterocycles. The van der Waals surface area contributed by atoms with E-state index < -0.39 is 0 Å². The van der Waals surface area contributed by atoms with Crippen LogP contribution in [0.5, 0.6) is 0 Å². The molecule has 0 atom stereocenters. The number of hydrogen-bond acceptors (Lipinski definition) is 3. The maximum atomic E-state index is 12.4. The molecule has 4 heteroatoms. The summed E-state index contributed by atoms with van der Waals surface area (Å²) in [4.78, 5) is 14.9. The minimum Gasteiger partial charge on any atom is -0.355 e. The second-order valence-electron chi connectivity index (χ2n) is 6.15. The van der Waals surface area contributed by atoms with Crippen LogP contribution in [-0.2, 0) is 10.2 Å². The van der Waals surface area contributed by atoms with Crippen molar-refractivity contribution in [1.82, 2.24) is 15.5 Å². The van der Waals surface area contributed by atoms with Gasteiger partial charge >= 0.3 is 0 Å². The van der Waals surface area contributed by atoms with Crippen LogP contribution in [0.1, 0.15) is 24.8 Å². The molecule has 1 heterocycles. The summed E-state index contributed by atoms with van der Waals surface area (Å²) in [7, 11) is 0. The normalized spacial score (nSPS) is 21.0. The Morgan fingerprint density at radius 3 is 2.57 bits per heavy atom. The number of piperazine rings is 1. The molecule has 21 heavy (non-hydrogen) atoms. The standard InChI is InChI=1S/C17H25N3O/c21-16(17(7-8-17)15-5-2-1-3-6-15)19-9-4-12-20-13-10-18-11-14-20/h1-3,5-6,18H,4,7-14H2,(H,19,21). The lowest BCUT2D eigenvalue weighted by Gasteiger charge is -2.27. The van der Waals surface area contributed by atoms with Gasteiger partial charge in [-0.1, -0.05) is 30.3 Å². The maximum Gasteiger partial charge on any atom is 0.230 e. The van der Waals surface area contributed by atoms with E-state index in [2.05, 4.69) is 27.7 Å². The predicted octanol–water partition coefficient (Wildman–Crippen LogP) is 1.13. The Labute approximate surface area is 126 Å². The van der Waals surface area contributed by atoms with Gasteiger partial charge in [0.25, 0.3) is 0 Å². The summed E-state index contributed by atoms with van der Waals surface area (Å²) in [6.07, 6.45) is 3.01. The number of carbonyl (C=O) groups excluding carboxylic acids is 1. The Morgan fingerprint density at radius 2 is 1.90 bits per heavy atom. The molecule has 0 bridgehead atoms. The molecule has 2 N–H and O–H groups in total. The molecule has 1 saturated carbocycles. The molecule has 0 radical (unpaired) electrons. The summed E-state index contributed by atoms with van der Waals surface area (Å²) < 4.78 is 0. The zero-order valence-electron chi connectivity index (χ0n) is 12.6. The molecule has 0 spiro atoms. The molecule has 1 aliphatic carbocycles. The highest BCUT2D eigenvalue weighted by atomic mass is 16.2. The maximum absolute atomic E-state index is 12.4. The molecule has 2 aliphatic rings. The van der Waals surface area contributed by atoms with Gasteiger partial charge in [0.1, 0.15) is 0 Å². The summed E-state index contributed by atoms with van der Waals surface area (Å²) in [5, 5.41) is 6.50. The number of carbonyl (C=O) groups is 1. The lowest BCUT2D eigenvalue weighted by Crippen LogP contribution is -2.44. The zero-order valence-corrected chi connectivity index (χ0v) is 12.6. The van der Waals surface area contributed by atoms with Crippen molar-refractivity contribution >= 4 is 5.91 Å². The molecule has 0 aromatic heterocycles. The van der Waals surface area contributed by atoms with Crippen LogP contribution < -0.4 is 10.6 Å². The van der Waals surface area contributed by atoms with Gasteiger partial charge in [0, 0.05) is 32.7 Å². The van der Waals surface area contributed by atoms with Crippen LogP contribution in [0.2, 0.25) is 0 Å². The monoisotopic (exact) mass is 287 g/mol. The van der Waals surface area contributed by atoms with Crippen LogP contribution in [0.4, 0.5) is 0 Å². The third-order valence-electron chi connectivity index (χ3n) is 4.66. The Morgan fingerprint density at radius 1 is 1.19 bits per heavy atom. The highest BCUT2D eigenvalue weighted by Crippen LogP contribution is 2.48. The fraction of sp³-hybridized carbons (Fsp3) is 0.588. The highest BCUT2D eigenvalue weighted by molar-refractivity contribution is 5.91. The molecule has 1 saturated heterocycles. The highest BCUT2D eigenvalue weighted by Gasteiger charge is 2.50. The van der Waals surface area contributed by atoms with E-state index in [1.807, 2.05) is 18.2 Å². The zero-order chi connectivity index (χ0) is 14.5. The molecular weight excluding hydrogens is 262 g/mol. The fourth-order valence-electron chi connectivity index (χ4n) is 3.14. The SMILES string of the molecule is O=C(NCCCN1CCNCC1)C1(c2ccccc2)CC1. The van der Waals surface area contributed by atoms with E-state index in [9.17, 15) is 4.79 Å². The van der Waals surface area contributed by atoms with Gasteiger partial charge in [0.05, 0.1) is 5.41 Å². The first kappa shape index (κ1) is 14.5. The van der Waals surface area contributed by atoms with Gasteiger partial charge in [-0.15, -0.1) is 0 Å². The summed E-state index contributed by atoms with van der Waals surface area (Å²) in [6.45, 7) is 6.30. The van der Waals surface area contributed by atoms with E-state index >= 15 is 0 Å². The lowest BCUT2D eigenvalue weighted by molar-refractivity contribution is -0.123. The quantitative estimate of drug-likeness (QED) is 0.771. The van der Waals surface area contributed by atoms with Crippen molar-refractivity contribution < 1.29 is 4.79 Å². The molecule has 3 rings (SSSR count). The van der Waals surface area contributed by atoms with Gasteiger partial charge in [-0.05, 0) is 31.4 Å². The van der Waals surface area contributed by atoms with Crippen LogP contribution >= 0.6 is 0 Å². The smallest absolute Gasteiger partial charge is 0.230 e. The van der Waals surface area contributed by atoms with Crippen molar-refractivity contribution in [2.24, 2.45) is 0 Å². The van der Waals surface area contributed by atoms with E-state index in [1.54, 1.807) is 0 Å². The van der Waals surface area contributed by atoms with E-state index in [0.717, 1.165) is 58.5 Å². The van der Waals surface area contributed by atoms with Gasteiger partial charge in [-0.3, -0.25) is 4.79 Å². The number of nitrogens with one attached hydrogen (secondary N) is 2. The lowest BCUT2D eigenvalue weighted by atomic mass is 9.95. The van der Waals surface area contributed by atoms with Crippen LogP contribution in [-0.4, -0.2) is 50.1 Å². The first-order chi connectivity index (χ1) is 10.3. The Balaban J connectivity index is 1.42. The summed E-state index contributed by atoms with van der Waals surface area (Å²) in [6, 6.07) is 10.2. The van der Waals surface area contributed by atoms with Crippen molar-refractivity contribution in [2.45, 2.75) is 24.7 Å². The Kier molecular flexibility index (Phi) is 4.56. The second-order valence-corrected chi connectivity index (χ2v) is 6.15. The Bertz CT molecular complexity index is 464. The van der Waals surface area contributed by atoms with Gasteiger partial charge in [0.15, 0.2) is 0 Å². The van der Waals surface area contributed by atoms with Crippen LogP contribution in [0.25, 0.3) is 0 Å². The van der Waals surface area contributed by atoms with Crippen molar-refractivity contribution in [2.75, 3.05) is 39.3 Å². The largest absolute Gasteiger partial charge is 0.355 e. The van der Waals surface area contributed by atoms with Crippen molar-refractivity contribution in [3.8, 4) is 0 Å². The average molecular weight is 287 g/mol. The summed E-state index contributed by atoms with van der Waals surface area (Å²) in [5.41, 5.74) is 0.945. The van der Waals surface area contributed by atoms with Gasteiger partial charge in [-0.25, -0.2) is 0 Å². The molecule has 1 amide bonds. The molecule has 114 valence electrons. The second kappa shape index (κ2) is 6.58. The third kappa shape index (κ3) is 3.44. The van der Waals surface area contributed by atoms with Gasteiger partial charge in [-0.2, -0.15) is 0 Å². The number of hydrogen-bond donors (Lipinski definition) is 2. The molecular formula is C17H25N3O. The molecule has 0 unspecified atom stereocenters. The van der Waals surface area contributed by atoms with Gasteiger partial charge in [0.2, 0.25) is 5.91 Å². The molecule has 4 nitrogen and oxygen atoms in total. The summed E-state index contributed by atoms with van der Waals surface area (Å²) >= 11 is 0. The number of nitrogens with zero attached hydrogens (tertiary/aromatic N) is 1. The van der Waals surface area contributed by atoms with Crippen molar-refractivity contribution in [3.63, 3.8) is 0 Å². The van der Waals surface area contributed by atoms with E-state index in [-0.39, 0.29) is 11.3 Å². The van der Waals surface area contributed by atoms with Crippen molar-refractivity contribution in [1.29, 1.82) is 0 Å². The van der Waals surface area contributed by atoms with Gasteiger partial charge < -0.3 is 15.5 Å².